The number of pyridine rings is 1. The average Bonchev–Trinajstić information content (AvgIpc) is 3.15. The fraction of sp³-hybridized carbons (Fsp3) is 0.389. The highest BCUT2D eigenvalue weighted by Gasteiger charge is 2.28. The van der Waals surface area contributed by atoms with Gasteiger partial charge in [-0.3, -0.25) is 23.7 Å². The van der Waals surface area contributed by atoms with Gasteiger partial charge in [0.1, 0.15) is 6.54 Å². The van der Waals surface area contributed by atoms with Crippen LogP contribution in [0, 0.1) is 0 Å². The number of aryl methyl sites for hydroxylation is 1. The van der Waals surface area contributed by atoms with E-state index in [0.29, 0.717) is 19.6 Å². The van der Waals surface area contributed by atoms with Crippen LogP contribution in [0.25, 0.3) is 11.2 Å². The summed E-state index contributed by atoms with van der Waals surface area (Å²) in [6.07, 6.45) is 4.89. The highest BCUT2D eigenvalue weighted by atomic mass is 35.5. The molecule has 0 bridgehead atoms. The van der Waals surface area contributed by atoms with Crippen LogP contribution >= 0.6 is 12.4 Å². The first kappa shape index (κ1) is 20.7. The van der Waals surface area contributed by atoms with Gasteiger partial charge >= 0.3 is 5.69 Å². The number of carbonyl (C=O) groups excluding carboxylic acids is 1. The lowest BCUT2D eigenvalue weighted by Crippen LogP contribution is -2.49. The molecule has 3 aromatic rings. The highest BCUT2D eigenvalue weighted by Crippen LogP contribution is 2.22. The van der Waals surface area contributed by atoms with E-state index < -0.39 is 11.2 Å². The largest absolute Gasteiger partial charge is 0.332 e. The summed E-state index contributed by atoms with van der Waals surface area (Å²) in [6.45, 7) is 1.87. The Morgan fingerprint density at radius 3 is 2.79 bits per heavy atom. The van der Waals surface area contributed by atoms with Crippen molar-refractivity contribution in [2.24, 2.45) is 14.1 Å². The normalized spacial score (nSPS) is 16.6. The van der Waals surface area contributed by atoms with Gasteiger partial charge < -0.3 is 14.8 Å². The number of hydrogen-bond acceptors (Lipinski definition) is 6. The molecule has 1 aliphatic rings. The molecule has 1 unspecified atom stereocenters. The number of nitrogens with zero attached hydrogens (tertiary/aromatic N) is 6. The lowest BCUT2D eigenvalue weighted by Gasteiger charge is -2.36. The van der Waals surface area contributed by atoms with Crippen molar-refractivity contribution in [3.05, 3.63) is 57.3 Å². The first-order valence-corrected chi connectivity index (χ1v) is 9.00. The molecular weight excluding hydrogens is 398 g/mol. The molecule has 0 aliphatic carbocycles. The van der Waals surface area contributed by atoms with Gasteiger partial charge in [0.25, 0.3) is 5.56 Å². The summed E-state index contributed by atoms with van der Waals surface area (Å²) in [6, 6.07) is 3.67. The molecule has 1 amide bonds. The first-order chi connectivity index (χ1) is 13.5. The predicted molar refractivity (Wildman–Crippen MR) is 109 cm³/mol. The molecule has 1 aliphatic heterocycles. The van der Waals surface area contributed by atoms with Crippen LogP contribution in [-0.4, -0.2) is 54.1 Å². The first-order valence-electron chi connectivity index (χ1n) is 9.00. The zero-order valence-corrected chi connectivity index (χ0v) is 16.9. The van der Waals surface area contributed by atoms with Crippen molar-refractivity contribution in [2.45, 2.75) is 12.6 Å². The molecule has 3 aromatic heterocycles. The number of hydrogen-bond donors (Lipinski definition) is 1. The predicted octanol–water partition coefficient (Wildman–Crippen LogP) is -0.576. The van der Waals surface area contributed by atoms with Gasteiger partial charge in [-0.2, -0.15) is 0 Å². The topological polar surface area (TPSA) is 107 Å². The molecule has 1 fully saturated rings. The van der Waals surface area contributed by atoms with Crippen molar-refractivity contribution < 1.29 is 4.79 Å². The summed E-state index contributed by atoms with van der Waals surface area (Å²) in [5.41, 5.74) is 0.549. The molecule has 1 saturated heterocycles. The lowest BCUT2D eigenvalue weighted by molar-refractivity contribution is -0.135. The van der Waals surface area contributed by atoms with E-state index in [0.717, 1.165) is 10.1 Å². The standard InChI is InChI=1S/C18H21N7O3.ClH/c1-22-16-15(17(27)23(2)18(22)28)24(11-21-16)10-14(26)25-7-6-20-9-13(25)12-4-3-5-19-8-12;/h3-5,8,11,13,20H,6-7,9-10H2,1-2H3;1H. The van der Waals surface area contributed by atoms with Crippen molar-refractivity contribution in [2.75, 3.05) is 19.6 Å². The summed E-state index contributed by atoms with van der Waals surface area (Å²) in [7, 11) is 2.97. The second-order valence-corrected chi connectivity index (χ2v) is 6.84. The van der Waals surface area contributed by atoms with E-state index in [1.54, 1.807) is 24.3 Å². The SMILES string of the molecule is Cl.Cn1c(=O)c2c(ncn2CC(=O)N2CCNCC2c2cccnc2)n(C)c1=O. The summed E-state index contributed by atoms with van der Waals surface area (Å²) >= 11 is 0. The Hall–Kier alpha value is -2.98. The minimum Gasteiger partial charge on any atom is -0.331 e. The molecule has 10 nitrogen and oxygen atoms in total. The lowest BCUT2D eigenvalue weighted by atomic mass is 10.1. The number of halogens is 1. The maximum atomic E-state index is 13.1. The van der Waals surface area contributed by atoms with Crippen LogP contribution < -0.4 is 16.6 Å². The van der Waals surface area contributed by atoms with Crippen LogP contribution in [0.1, 0.15) is 11.6 Å². The highest BCUT2D eigenvalue weighted by molar-refractivity contribution is 5.85. The zero-order valence-electron chi connectivity index (χ0n) is 16.1. The van der Waals surface area contributed by atoms with Crippen LogP contribution in [0.15, 0.2) is 40.4 Å². The van der Waals surface area contributed by atoms with Crippen LogP contribution in [0.4, 0.5) is 0 Å². The smallest absolute Gasteiger partial charge is 0.331 e. The van der Waals surface area contributed by atoms with E-state index in [1.165, 1.54) is 22.5 Å². The van der Waals surface area contributed by atoms with E-state index in [-0.39, 0.29) is 42.1 Å². The van der Waals surface area contributed by atoms with Gasteiger partial charge in [0.05, 0.1) is 12.4 Å². The fourth-order valence-corrected chi connectivity index (χ4v) is 3.63. The van der Waals surface area contributed by atoms with Crippen molar-refractivity contribution >= 4 is 29.5 Å². The Bertz CT molecular complexity index is 1150. The van der Waals surface area contributed by atoms with Gasteiger partial charge in [0.2, 0.25) is 5.91 Å². The Balaban J connectivity index is 0.00000240. The number of piperazine rings is 1. The average molecular weight is 420 g/mol. The van der Waals surface area contributed by atoms with E-state index in [4.69, 9.17) is 0 Å². The molecule has 4 rings (SSSR count). The molecule has 1 atom stereocenters. The fourth-order valence-electron chi connectivity index (χ4n) is 3.63. The molecule has 154 valence electrons. The van der Waals surface area contributed by atoms with Crippen molar-refractivity contribution in [3.63, 3.8) is 0 Å². The second-order valence-electron chi connectivity index (χ2n) is 6.84. The molecular formula is C18H22ClN7O3. The minimum absolute atomic E-state index is 0. The monoisotopic (exact) mass is 419 g/mol. The quantitative estimate of drug-likeness (QED) is 0.609. The summed E-state index contributed by atoms with van der Waals surface area (Å²) in [5, 5.41) is 3.30. The number of fused-ring (bicyclic) bond motifs is 1. The van der Waals surface area contributed by atoms with Gasteiger partial charge in [-0.25, -0.2) is 9.78 Å². The van der Waals surface area contributed by atoms with Gasteiger partial charge in [-0.05, 0) is 11.6 Å². The Morgan fingerprint density at radius 1 is 1.28 bits per heavy atom. The number of amides is 1. The van der Waals surface area contributed by atoms with Crippen molar-refractivity contribution in [1.82, 2.24) is 33.9 Å². The number of carbonyl (C=O) groups is 1. The molecule has 0 aromatic carbocycles. The van der Waals surface area contributed by atoms with Gasteiger partial charge in [0.15, 0.2) is 11.2 Å². The number of imidazole rings is 1. The van der Waals surface area contributed by atoms with Gasteiger partial charge in [-0.15, -0.1) is 12.4 Å². The van der Waals surface area contributed by atoms with Crippen LogP contribution in [0.2, 0.25) is 0 Å². The van der Waals surface area contributed by atoms with E-state index in [2.05, 4.69) is 15.3 Å². The van der Waals surface area contributed by atoms with Crippen molar-refractivity contribution in [1.29, 1.82) is 0 Å². The number of nitrogens with one attached hydrogen (secondary N) is 1. The molecule has 11 heteroatoms. The van der Waals surface area contributed by atoms with Crippen LogP contribution in [0.3, 0.4) is 0 Å². The van der Waals surface area contributed by atoms with Gasteiger partial charge in [0, 0.05) is 46.1 Å². The van der Waals surface area contributed by atoms with Crippen LogP contribution in [-0.2, 0) is 25.4 Å². The summed E-state index contributed by atoms with van der Waals surface area (Å²) < 4.78 is 3.84. The molecule has 0 saturated carbocycles. The van der Waals surface area contributed by atoms with E-state index in [1.807, 2.05) is 12.1 Å². The minimum atomic E-state index is -0.465. The van der Waals surface area contributed by atoms with E-state index >= 15 is 0 Å². The zero-order chi connectivity index (χ0) is 19.8. The third kappa shape index (κ3) is 3.56. The summed E-state index contributed by atoms with van der Waals surface area (Å²) in [4.78, 5) is 47.9. The Labute approximate surface area is 172 Å². The van der Waals surface area contributed by atoms with E-state index in [9.17, 15) is 14.4 Å². The molecule has 29 heavy (non-hydrogen) atoms. The number of aromatic nitrogens is 5. The Kier molecular flexibility index (Phi) is 5.85. The van der Waals surface area contributed by atoms with Crippen molar-refractivity contribution in [3.8, 4) is 0 Å². The third-order valence-corrected chi connectivity index (χ3v) is 5.16. The third-order valence-electron chi connectivity index (χ3n) is 5.16. The maximum absolute atomic E-state index is 13.1. The summed E-state index contributed by atoms with van der Waals surface area (Å²) in [5.74, 6) is -0.120. The van der Waals surface area contributed by atoms with Gasteiger partial charge in [-0.1, -0.05) is 6.07 Å². The molecule has 1 N–H and O–H groups in total. The number of rotatable bonds is 3. The van der Waals surface area contributed by atoms with Crippen LogP contribution in [0.5, 0.6) is 0 Å². The molecule has 0 radical (unpaired) electrons. The second kappa shape index (κ2) is 8.18. The molecule has 4 heterocycles. The molecule has 0 spiro atoms. The Morgan fingerprint density at radius 2 is 2.07 bits per heavy atom. The maximum Gasteiger partial charge on any atom is 0.332 e.